The second-order valence-electron chi connectivity index (χ2n) is 13.6. The summed E-state index contributed by atoms with van der Waals surface area (Å²) in [5.41, 5.74) is 13.7. The van der Waals surface area contributed by atoms with Gasteiger partial charge in [-0.05, 0) is 62.7 Å². The Hall–Kier alpha value is -7.43. The van der Waals surface area contributed by atoms with Crippen molar-refractivity contribution >= 4 is 21.9 Å². The third kappa shape index (κ3) is 6.26. The first-order valence-electron chi connectivity index (χ1n) is 18.4. The molecule has 55 heavy (non-hydrogen) atoms. The Morgan fingerprint density at radius 1 is 0.273 bits per heavy atom. The van der Waals surface area contributed by atoms with E-state index in [0.29, 0.717) is 17.5 Å². The summed E-state index contributed by atoms with van der Waals surface area (Å²) in [6.45, 7) is 0. The summed E-state index contributed by atoms with van der Waals surface area (Å²) in [6, 6.07) is 69.4. The monoisotopic (exact) mass is 703 g/mol. The van der Waals surface area contributed by atoms with Crippen LogP contribution in [-0.4, -0.2) is 15.0 Å². The molecule has 0 atom stereocenters. The molecule has 4 heteroatoms. The van der Waals surface area contributed by atoms with Crippen molar-refractivity contribution in [3.05, 3.63) is 200 Å². The van der Waals surface area contributed by atoms with E-state index in [4.69, 9.17) is 19.4 Å². The molecule has 0 amide bonds. The van der Waals surface area contributed by atoms with E-state index >= 15 is 0 Å². The van der Waals surface area contributed by atoms with Crippen LogP contribution in [0, 0.1) is 0 Å². The predicted molar refractivity (Wildman–Crippen MR) is 225 cm³/mol. The summed E-state index contributed by atoms with van der Waals surface area (Å²) in [7, 11) is 0. The van der Waals surface area contributed by atoms with Crippen LogP contribution in [0.3, 0.4) is 0 Å². The van der Waals surface area contributed by atoms with Crippen molar-refractivity contribution in [2.45, 2.75) is 0 Å². The van der Waals surface area contributed by atoms with Crippen molar-refractivity contribution in [3.8, 4) is 78.7 Å². The molecule has 0 radical (unpaired) electrons. The topological polar surface area (TPSA) is 51.8 Å². The zero-order chi connectivity index (χ0) is 36.6. The van der Waals surface area contributed by atoms with Crippen LogP contribution in [0.25, 0.3) is 101 Å². The third-order valence-electron chi connectivity index (χ3n) is 10.2. The van der Waals surface area contributed by atoms with Crippen molar-refractivity contribution in [2.75, 3.05) is 0 Å². The zero-order valence-electron chi connectivity index (χ0n) is 29.8. The first-order chi connectivity index (χ1) is 27.2. The molecule has 4 nitrogen and oxygen atoms in total. The van der Waals surface area contributed by atoms with Gasteiger partial charge in [0, 0.05) is 27.5 Å². The minimum atomic E-state index is 0.595. The molecule has 0 saturated carbocycles. The lowest BCUT2D eigenvalue weighted by Crippen LogP contribution is -2.00. The maximum atomic E-state index is 6.44. The van der Waals surface area contributed by atoms with Gasteiger partial charge in [0.2, 0.25) is 0 Å². The summed E-state index contributed by atoms with van der Waals surface area (Å²) in [5.74, 6) is 1.83. The molecule has 0 N–H and O–H groups in total. The number of fused-ring (bicyclic) bond motifs is 3. The van der Waals surface area contributed by atoms with E-state index in [1.54, 1.807) is 0 Å². The second kappa shape index (κ2) is 13.8. The van der Waals surface area contributed by atoms with Crippen molar-refractivity contribution in [1.82, 2.24) is 15.0 Å². The molecule has 0 aliphatic heterocycles. The van der Waals surface area contributed by atoms with E-state index in [1.165, 1.54) is 22.3 Å². The van der Waals surface area contributed by atoms with Gasteiger partial charge in [-0.15, -0.1) is 0 Å². The van der Waals surface area contributed by atoms with Gasteiger partial charge < -0.3 is 4.42 Å². The van der Waals surface area contributed by atoms with Crippen LogP contribution < -0.4 is 0 Å². The number of hydrogen-bond acceptors (Lipinski definition) is 4. The van der Waals surface area contributed by atoms with Gasteiger partial charge in [-0.3, -0.25) is 0 Å². The highest BCUT2D eigenvalue weighted by Gasteiger charge is 2.18. The normalized spacial score (nSPS) is 11.3. The minimum Gasteiger partial charge on any atom is -0.456 e. The first-order valence-corrected chi connectivity index (χ1v) is 18.4. The summed E-state index contributed by atoms with van der Waals surface area (Å²) in [4.78, 5) is 15.2. The molecule has 0 aliphatic carbocycles. The second-order valence-corrected chi connectivity index (χ2v) is 13.6. The largest absolute Gasteiger partial charge is 0.456 e. The van der Waals surface area contributed by atoms with Gasteiger partial charge in [-0.1, -0.05) is 182 Å². The molecule has 0 unspecified atom stereocenters. The van der Waals surface area contributed by atoms with Gasteiger partial charge >= 0.3 is 0 Å². The SMILES string of the molecule is c1ccc(-c2ccc(-c3ccc(-c4ccc5oc6cccc(-c7nc(-c8ccccc8)nc(-c8ccc(-c9ccccc9)cc8)n7)c6c5c4)cc3)cc2)cc1. The Kier molecular flexibility index (Phi) is 8.12. The molecule has 10 rings (SSSR count). The standard InChI is InChI=1S/C51H33N3O/c1-4-11-34(12-5-1)36-19-21-38(22-20-36)39-23-25-40(26-24-39)43-31-32-46-45(33-43)48-44(17-10-18-47(48)55-46)51-53-49(41-15-8-3-9-16-41)52-50(54-51)42-29-27-37(28-30-42)35-13-6-2-7-14-35/h1-33H. The Morgan fingerprint density at radius 3 is 1.16 bits per heavy atom. The fourth-order valence-electron chi connectivity index (χ4n) is 7.32. The smallest absolute Gasteiger partial charge is 0.164 e. The van der Waals surface area contributed by atoms with Crippen LogP contribution in [0.2, 0.25) is 0 Å². The molecule has 8 aromatic carbocycles. The summed E-state index contributed by atoms with van der Waals surface area (Å²) < 4.78 is 6.44. The molecule has 0 saturated heterocycles. The highest BCUT2D eigenvalue weighted by atomic mass is 16.3. The van der Waals surface area contributed by atoms with Crippen LogP contribution in [0.1, 0.15) is 0 Å². The van der Waals surface area contributed by atoms with Gasteiger partial charge in [-0.2, -0.15) is 0 Å². The molecule has 0 spiro atoms. The van der Waals surface area contributed by atoms with Crippen molar-refractivity contribution < 1.29 is 4.42 Å². The maximum Gasteiger partial charge on any atom is 0.164 e. The third-order valence-corrected chi connectivity index (χ3v) is 10.2. The first kappa shape index (κ1) is 32.2. The van der Waals surface area contributed by atoms with E-state index in [2.05, 4.69) is 146 Å². The zero-order valence-corrected chi connectivity index (χ0v) is 29.8. The summed E-state index contributed by atoms with van der Waals surface area (Å²) in [6.07, 6.45) is 0. The van der Waals surface area contributed by atoms with Gasteiger partial charge in [-0.25, -0.2) is 15.0 Å². The lowest BCUT2D eigenvalue weighted by Gasteiger charge is -2.10. The van der Waals surface area contributed by atoms with E-state index < -0.39 is 0 Å². The van der Waals surface area contributed by atoms with Gasteiger partial charge in [0.05, 0.1) is 0 Å². The van der Waals surface area contributed by atoms with Crippen LogP contribution in [0.15, 0.2) is 205 Å². The summed E-state index contributed by atoms with van der Waals surface area (Å²) in [5, 5.41) is 1.99. The average molecular weight is 704 g/mol. The van der Waals surface area contributed by atoms with Crippen molar-refractivity contribution in [1.29, 1.82) is 0 Å². The van der Waals surface area contributed by atoms with E-state index in [0.717, 1.165) is 60.9 Å². The van der Waals surface area contributed by atoms with Crippen LogP contribution in [-0.2, 0) is 0 Å². The molecule has 0 bridgehead atoms. The number of nitrogens with zero attached hydrogens (tertiary/aromatic N) is 3. The van der Waals surface area contributed by atoms with Crippen LogP contribution in [0.5, 0.6) is 0 Å². The number of benzene rings is 8. The quantitative estimate of drug-likeness (QED) is 0.166. The van der Waals surface area contributed by atoms with Gasteiger partial charge in [0.1, 0.15) is 11.2 Å². The average Bonchev–Trinajstić information content (AvgIpc) is 3.66. The minimum absolute atomic E-state index is 0.595. The Morgan fingerprint density at radius 2 is 0.655 bits per heavy atom. The molecule has 0 fully saturated rings. The molecule has 0 aliphatic rings. The van der Waals surface area contributed by atoms with Crippen molar-refractivity contribution in [2.24, 2.45) is 0 Å². The Labute approximate surface area is 319 Å². The Bertz CT molecular complexity index is 2920. The fraction of sp³-hybridized carbons (Fsp3) is 0. The summed E-state index contributed by atoms with van der Waals surface area (Å²) >= 11 is 0. The van der Waals surface area contributed by atoms with E-state index in [9.17, 15) is 0 Å². The molecular weight excluding hydrogens is 671 g/mol. The molecule has 258 valence electrons. The fourth-order valence-corrected chi connectivity index (χ4v) is 7.32. The highest BCUT2D eigenvalue weighted by molar-refractivity contribution is 6.12. The highest BCUT2D eigenvalue weighted by Crippen LogP contribution is 2.39. The van der Waals surface area contributed by atoms with Crippen LogP contribution in [0.4, 0.5) is 0 Å². The van der Waals surface area contributed by atoms with Gasteiger partial charge in [0.25, 0.3) is 0 Å². The molecular formula is C51H33N3O. The van der Waals surface area contributed by atoms with E-state index in [1.807, 2.05) is 54.6 Å². The number of hydrogen-bond donors (Lipinski definition) is 0. The maximum absolute atomic E-state index is 6.44. The number of rotatable bonds is 7. The number of aromatic nitrogens is 3. The van der Waals surface area contributed by atoms with Gasteiger partial charge in [0.15, 0.2) is 17.5 Å². The molecule has 2 aromatic heterocycles. The lowest BCUT2D eigenvalue weighted by atomic mass is 9.97. The predicted octanol–water partition coefficient (Wildman–Crippen LogP) is 13.4. The van der Waals surface area contributed by atoms with Crippen LogP contribution >= 0.6 is 0 Å². The lowest BCUT2D eigenvalue weighted by molar-refractivity contribution is 0.669. The molecule has 2 heterocycles. The van der Waals surface area contributed by atoms with E-state index in [-0.39, 0.29) is 0 Å². The molecule has 10 aromatic rings. The Balaban J connectivity index is 1.03. The number of furan rings is 1. The van der Waals surface area contributed by atoms with Crippen molar-refractivity contribution in [3.63, 3.8) is 0 Å².